The van der Waals surface area contributed by atoms with Crippen LogP contribution in [0.15, 0.2) is 5.10 Å². The third-order valence-electron chi connectivity index (χ3n) is 0.643. The van der Waals surface area contributed by atoms with Gasteiger partial charge in [0.1, 0.15) is 0 Å². The Hall–Kier alpha value is 0.120. The van der Waals surface area contributed by atoms with Crippen LogP contribution in [0, 0.1) is 0 Å². The lowest BCUT2D eigenvalue weighted by molar-refractivity contribution is -1.17. The van der Waals surface area contributed by atoms with Crippen molar-refractivity contribution in [2.75, 3.05) is 0 Å². The molecule has 0 amide bonds. The normalized spacial score (nSPS) is 19.6. The zero-order valence-corrected chi connectivity index (χ0v) is 7.29. The first-order valence-electron chi connectivity index (χ1n) is 2.20. The number of rotatable bonds is 4. The highest BCUT2D eigenvalue weighted by Gasteiger charge is 2.22. The summed E-state index contributed by atoms with van der Waals surface area (Å²) in [6.07, 6.45) is 0. The number of nitrogens with one attached hydrogen (secondary N) is 4. The Bertz CT molecular complexity index is 112. The monoisotopic (exact) mass is 261 g/mol. The summed E-state index contributed by atoms with van der Waals surface area (Å²) >= 11 is 1.75. The van der Waals surface area contributed by atoms with Gasteiger partial charge in [0.05, 0.1) is 40.0 Å². The highest BCUT2D eigenvalue weighted by atomic mass is 127. The minimum atomic E-state index is -0.629. The smallest absolute Gasteiger partial charge is 0.0872 e. The average Bonchev–Trinajstić information content (AvgIpc) is 1.87. The van der Waals surface area contributed by atoms with E-state index in [-0.39, 0.29) is 5.23 Å². The van der Waals surface area contributed by atoms with Gasteiger partial charge in [0.2, 0.25) is 0 Å². The van der Waals surface area contributed by atoms with Crippen molar-refractivity contribution in [1.82, 2.24) is 9.17 Å². The molecule has 0 spiro atoms. The maximum absolute atomic E-state index is 6.80. The molecule has 0 aromatic rings. The molecule has 60 valence electrons. The summed E-state index contributed by atoms with van der Waals surface area (Å²) in [4.78, 5) is -0.629. The molecule has 8 nitrogen and oxygen atoms in total. The van der Waals surface area contributed by atoms with E-state index in [1.807, 2.05) is 0 Å². The van der Waals surface area contributed by atoms with Gasteiger partial charge in [-0.3, -0.25) is 0 Å². The van der Waals surface area contributed by atoms with E-state index in [9.17, 15) is 0 Å². The minimum Gasteiger partial charge on any atom is -0.423 e. The summed E-state index contributed by atoms with van der Waals surface area (Å²) in [5, 5.41) is 3.10. The van der Waals surface area contributed by atoms with E-state index in [1.54, 1.807) is 22.9 Å². The molecule has 0 heterocycles. The Morgan fingerprint density at radius 3 is 2.40 bits per heavy atom. The Labute approximate surface area is 71.9 Å². The first-order valence-corrected chi connectivity index (χ1v) is 3.28. The molecule has 0 rings (SSSR count). The van der Waals surface area contributed by atoms with Crippen molar-refractivity contribution in [2.45, 2.75) is 0 Å². The van der Waals surface area contributed by atoms with Crippen molar-refractivity contribution in [3.8, 4) is 0 Å². The Morgan fingerprint density at radius 1 is 1.80 bits per heavy atom. The average molecular weight is 261 g/mol. The van der Waals surface area contributed by atoms with Crippen molar-refractivity contribution in [1.29, 1.82) is 0 Å². The summed E-state index contributed by atoms with van der Waals surface area (Å²) < 4.78 is 2.48. The van der Waals surface area contributed by atoms with Crippen molar-refractivity contribution in [3.05, 3.63) is 5.84 Å². The standard InChI is InChI=1S/CH10IN8/c1-6-10(5,7-2)8-9(3)4/h3,7-9H,1,4-5H2/q+1. The molecule has 0 bridgehead atoms. The molecule has 2 unspecified atom stereocenters. The van der Waals surface area contributed by atoms with Gasteiger partial charge in [-0.15, -0.1) is 5.84 Å². The largest absolute Gasteiger partial charge is 0.423 e. The number of hydrogen-bond acceptors (Lipinski definition) is 5. The van der Waals surface area contributed by atoms with Crippen LogP contribution in [0.25, 0.3) is 5.84 Å². The topological polar surface area (TPSA) is 117 Å². The fourth-order valence-electron chi connectivity index (χ4n) is 0.267. The van der Waals surface area contributed by atoms with Gasteiger partial charge in [-0.2, -0.15) is 5.84 Å². The van der Waals surface area contributed by atoms with Crippen LogP contribution in [-0.4, -0.2) is 11.6 Å². The van der Waals surface area contributed by atoms with Gasteiger partial charge >= 0.3 is 0 Å². The van der Waals surface area contributed by atoms with Crippen LogP contribution in [0.3, 0.4) is 0 Å². The van der Waals surface area contributed by atoms with E-state index in [0.717, 1.165) is 0 Å². The molecule has 0 aliphatic heterocycles. The second kappa shape index (κ2) is 4.09. The van der Waals surface area contributed by atoms with Gasteiger partial charge in [0, 0.05) is 0 Å². The molecule has 0 radical (unpaired) electrons. The van der Waals surface area contributed by atoms with Gasteiger partial charge in [-0.05, 0) is 8.74 Å². The molecular formula is CH10IN8+. The highest BCUT2D eigenvalue weighted by molar-refractivity contribution is 14.1. The molecule has 2 atom stereocenters. The molecule has 0 aromatic heterocycles. The number of nitrogens with zero attached hydrogens (tertiary/aromatic N) is 2. The zero-order valence-electron chi connectivity index (χ0n) is 5.13. The molecule has 0 saturated carbocycles. The van der Waals surface area contributed by atoms with Crippen molar-refractivity contribution < 1.29 is 10.1 Å². The highest BCUT2D eigenvalue weighted by Crippen LogP contribution is 1.84. The zero-order chi connectivity index (χ0) is 8.20. The van der Waals surface area contributed by atoms with Gasteiger partial charge in [-0.1, -0.05) is 0 Å². The summed E-state index contributed by atoms with van der Waals surface area (Å²) in [5.74, 6) is 17.1. The first kappa shape index (κ1) is 10.1. The van der Waals surface area contributed by atoms with E-state index in [2.05, 4.69) is 21.0 Å². The molecule has 0 aliphatic rings. The minimum absolute atomic E-state index is 0.293. The van der Waals surface area contributed by atoms with Crippen molar-refractivity contribution in [3.63, 3.8) is 0 Å². The number of halogens is 1. The van der Waals surface area contributed by atoms with Crippen LogP contribution in [0.5, 0.6) is 0 Å². The van der Waals surface area contributed by atoms with Crippen LogP contribution >= 0.6 is 22.9 Å². The molecule has 0 saturated heterocycles. The number of quaternary nitrogens is 2. The molecular weight excluding hydrogens is 251 g/mol. The van der Waals surface area contributed by atoms with E-state index >= 15 is 0 Å². The predicted octanol–water partition coefficient (Wildman–Crippen LogP) is -2.71. The van der Waals surface area contributed by atoms with Gasteiger partial charge in [0.15, 0.2) is 0 Å². The van der Waals surface area contributed by atoms with Crippen LogP contribution in [0.2, 0.25) is 0 Å². The van der Waals surface area contributed by atoms with E-state index < -0.39 is 4.92 Å². The number of hydrogen-bond donors (Lipinski definition) is 5. The Kier molecular flexibility index (Phi) is 4.14. The van der Waals surface area contributed by atoms with Gasteiger partial charge < -0.3 is 5.84 Å². The van der Waals surface area contributed by atoms with E-state index in [0.29, 0.717) is 0 Å². The fraction of sp³-hybridized carbons (Fsp3) is 0. The molecule has 0 aromatic carbocycles. The summed E-state index contributed by atoms with van der Waals surface area (Å²) in [7, 11) is 0. The summed E-state index contributed by atoms with van der Waals surface area (Å²) in [5.41, 5.74) is 2.28. The third kappa shape index (κ3) is 3.33. The maximum atomic E-state index is 6.80. The lowest BCUT2D eigenvalue weighted by atomic mass is 11.6. The van der Waals surface area contributed by atoms with Gasteiger partial charge in [-0.25, -0.2) is 5.23 Å². The van der Waals surface area contributed by atoms with E-state index in [4.69, 9.17) is 17.5 Å². The second-order valence-electron chi connectivity index (χ2n) is 1.44. The quantitative estimate of drug-likeness (QED) is 0.0944. The third-order valence-corrected chi connectivity index (χ3v) is 1.38. The molecule has 0 fully saturated rings. The Morgan fingerprint density at radius 2 is 2.30 bits per heavy atom. The lowest BCUT2D eigenvalue weighted by Crippen LogP contribution is -3.21. The van der Waals surface area contributed by atoms with E-state index in [1.165, 1.54) is 0 Å². The van der Waals surface area contributed by atoms with Gasteiger partial charge in [0.25, 0.3) is 0 Å². The number of nitrogens with two attached hydrogens (primary N) is 2. The predicted molar refractivity (Wildman–Crippen MR) is 43.8 cm³/mol. The summed E-state index contributed by atoms with van der Waals surface area (Å²) in [6, 6.07) is 0. The lowest BCUT2D eigenvalue weighted by Gasteiger charge is -2.23. The molecule has 10 heavy (non-hydrogen) atoms. The van der Waals surface area contributed by atoms with Crippen LogP contribution < -0.4 is 26.1 Å². The summed E-state index contributed by atoms with van der Waals surface area (Å²) in [6.45, 7) is 3.17. The Balaban J connectivity index is 3.92. The SMILES string of the molecule is C=N[N+](N)(NI)N[NH+]([NH-])N. The molecule has 8 N–H and O–H groups in total. The molecule has 9 heteroatoms. The molecule has 0 aliphatic carbocycles. The van der Waals surface area contributed by atoms with Crippen LogP contribution in [0.4, 0.5) is 0 Å². The van der Waals surface area contributed by atoms with Crippen LogP contribution in [-0.2, 0) is 0 Å². The second-order valence-corrected chi connectivity index (χ2v) is 1.92. The fourth-order valence-corrected chi connectivity index (χ4v) is 0.540. The van der Waals surface area contributed by atoms with Crippen molar-refractivity contribution in [2.24, 2.45) is 16.8 Å². The van der Waals surface area contributed by atoms with Crippen LogP contribution in [0.1, 0.15) is 0 Å². The first-order chi connectivity index (χ1) is 4.54. The van der Waals surface area contributed by atoms with Crippen molar-refractivity contribution >= 4 is 29.6 Å². The maximum Gasteiger partial charge on any atom is 0.0872 e.